The Morgan fingerprint density at radius 3 is 2.62 bits per heavy atom. The van der Waals surface area contributed by atoms with Gasteiger partial charge < -0.3 is 9.47 Å². The van der Waals surface area contributed by atoms with Gasteiger partial charge in [-0.3, -0.25) is 4.79 Å². The molecule has 0 radical (unpaired) electrons. The van der Waals surface area contributed by atoms with Crippen molar-refractivity contribution in [3.8, 4) is 22.8 Å². The number of hydrogen-bond acceptors (Lipinski definition) is 5. The second kappa shape index (κ2) is 10.8. The summed E-state index contributed by atoms with van der Waals surface area (Å²) in [5.41, 5.74) is 6.22. The number of rotatable bonds is 8. The van der Waals surface area contributed by atoms with E-state index < -0.39 is 0 Å². The molecule has 0 saturated heterocycles. The van der Waals surface area contributed by atoms with Gasteiger partial charge in [-0.15, -0.1) is 0 Å². The van der Waals surface area contributed by atoms with Gasteiger partial charge in [-0.25, -0.2) is 10.4 Å². The first-order valence-electron chi connectivity index (χ1n) is 10.5. The molecule has 0 saturated carbocycles. The van der Waals surface area contributed by atoms with Gasteiger partial charge in [0.05, 0.1) is 30.1 Å². The molecule has 1 aromatic heterocycles. The number of hydrazone groups is 1. The van der Waals surface area contributed by atoms with E-state index in [1.807, 2.05) is 54.6 Å². The van der Waals surface area contributed by atoms with Crippen LogP contribution in [0.25, 0.3) is 22.2 Å². The van der Waals surface area contributed by atoms with Crippen LogP contribution in [-0.2, 0) is 0 Å². The highest BCUT2D eigenvalue weighted by Crippen LogP contribution is 2.33. The standard InChI is InChI=1S/C27H22BrN3O3/c1-3-13-34-26-16-22(28)19(14-25(26)33-2)17-29-31-27(32)21-15-24(18-9-5-4-6-10-18)30-23-12-8-7-11-20(21)23/h3-12,14-17H,1,13H2,2H3,(H,31,32)/b29-17+. The highest BCUT2D eigenvalue weighted by atomic mass is 79.9. The number of carbonyl (C=O) groups is 1. The lowest BCUT2D eigenvalue weighted by Gasteiger charge is -2.11. The number of aromatic nitrogens is 1. The van der Waals surface area contributed by atoms with Crippen molar-refractivity contribution in [2.24, 2.45) is 5.10 Å². The number of hydrogen-bond donors (Lipinski definition) is 1. The van der Waals surface area contributed by atoms with Crippen molar-refractivity contribution in [2.45, 2.75) is 0 Å². The number of pyridine rings is 1. The van der Waals surface area contributed by atoms with Gasteiger partial charge in [0.25, 0.3) is 5.91 Å². The second-order valence-electron chi connectivity index (χ2n) is 7.26. The molecule has 4 rings (SSSR count). The Morgan fingerprint density at radius 2 is 1.85 bits per heavy atom. The molecule has 3 aromatic carbocycles. The van der Waals surface area contributed by atoms with Crippen molar-refractivity contribution in [2.75, 3.05) is 13.7 Å². The summed E-state index contributed by atoms with van der Waals surface area (Å²) in [6.45, 7) is 4.01. The van der Waals surface area contributed by atoms with Crippen LogP contribution < -0.4 is 14.9 Å². The Bertz CT molecular complexity index is 1370. The third-order valence-electron chi connectivity index (χ3n) is 5.04. The van der Waals surface area contributed by atoms with Gasteiger partial charge in [0.1, 0.15) is 6.61 Å². The van der Waals surface area contributed by atoms with E-state index in [9.17, 15) is 4.79 Å². The van der Waals surface area contributed by atoms with Crippen LogP contribution in [0.1, 0.15) is 15.9 Å². The van der Waals surface area contributed by atoms with Gasteiger partial charge in [0.2, 0.25) is 0 Å². The van der Waals surface area contributed by atoms with Crippen LogP contribution in [0.5, 0.6) is 11.5 Å². The molecule has 0 aliphatic rings. The van der Waals surface area contributed by atoms with E-state index in [1.54, 1.807) is 37.6 Å². The number of carbonyl (C=O) groups excluding carboxylic acids is 1. The molecule has 6 nitrogen and oxygen atoms in total. The highest BCUT2D eigenvalue weighted by Gasteiger charge is 2.14. The smallest absolute Gasteiger partial charge is 0.272 e. The monoisotopic (exact) mass is 515 g/mol. The van der Waals surface area contributed by atoms with Crippen molar-refractivity contribution in [3.63, 3.8) is 0 Å². The molecule has 0 aliphatic carbocycles. The Labute approximate surface area is 206 Å². The highest BCUT2D eigenvalue weighted by molar-refractivity contribution is 9.10. The molecule has 0 spiro atoms. The fourth-order valence-corrected chi connectivity index (χ4v) is 3.84. The minimum Gasteiger partial charge on any atom is -0.493 e. The second-order valence-corrected chi connectivity index (χ2v) is 8.12. The zero-order chi connectivity index (χ0) is 23.9. The number of amides is 1. The van der Waals surface area contributed by atoms with Crippen molar-refractivity contribution in [1.29, 1.82) is 0 Å². The number of nitrogens with zero attached hydrogens (tertiary/aromatic N) is 2. The van der Waals surface area contributed by atoms with Gasteiger partial charge in [0.15, 0.2) is 11.5 Å². The molecule has 4 aromatic rings. The predicted octanol–water partition coefficient (Wildman–Crippen LogP) is 6.00. The van der Waals surface area contributed by atoms with Crippen LogP contribution in [0.3, 0.4) is 0 Å². The summed E-state index contributed by atoms with van der Waals surface area (Å²) in [6.07, 6.45) is 3.20. The summed E-state index contributed by atoms with van der Waals surface area (Å²) in [7, 11) is 1.56. The molecule has 170 valence electrons. The number of fused-ring (bicyclic) bond motifs is 1. The first-order valence-corrected chi connectivity index (χ1v) is 11.3. The molecule has 1 amide bonds. The molecule has 7 heteroatoms. The van der Waals surface area contributed by atoms with E-state index in [0.29, 0.717) is 29.2 Å². The molecule has 0 atom stereocenters. The number of ether oxygens (including phenoxy) is 2. The van der Waals surface area contributed by atoms with Crippen LogP contribution in [0.4, 0.5) is 0 Å². The van der Waals surface area contributed by atoms with E-state index in [1.165, 1.54) is 0 Å². The number of halogens is 1. The summed E-state index contributed by atoms with van der Waals surface area (Å²) < 4.78 is 11.8. The van der Waals surface area contributed by atoms with Gasteiger partial charge >= 0.3 is 0 Å². The number of nitrogens with one attached hydrogen (secondary N) is 1. The van der Waals surface area contributed by atoms with Crippen molar-refractivity contribution in [1.82, 2.24) is 10.4 Å². The third kappa shape index (κ3) is 5.15. The molecule has 0 unspecified atom stereocenters. The largest absolute Gasteiger partial charge is 0.493 e. The van der Waals surface area contributed by atoms with Crippen molar-refractivity contribution in [3.05, 3.63) is 101 Å². The number of para-hydroxylation sites is 1. The summed E-state index contributed by atoms with van der Waals surface area (Å²) >= 11 is 3.51. The van der Waals surface area contributed by atoms with Crippen LogP contribution >= 0.6 is 15.9 Å². The minimum absolute atomic E-state index is 0.332. The SMILES string of the molecule is C=CCOc1cc(Br)c(/C=N/NC(=O)c2cc(-c3ccccc3)nc3ccccc23)cc1OC. The summed E-state index contributed by atoms with van der Waals surface area (Å²) in [5, 5.41) is 4.92. The molecule has 1 heterocycles. The van der Waals surface area contributed by atoms with Crippen LogP contribution in [0, 0.1) is 0 Å². The fraction of sp³-hybridized carbons (Fsp3) is 0.0741. The lowest BCUT2D eigenvalue weighted by Crippen LogP contribution is -2.18. The maximum Gasteiger partial charge on any atom is 0.272 e. The lowest BCUT2D eigenvalue weighted by atomic mass is 10.0. The third-order valence-corrected chi connectivity index (χ3v) is 5.73. The topological polar surface area (TPSA) is 72.8 Å². The Balaban J connectivity index is 1.61. The average molecular weight is 516 g/mol. The van der Waals surface area contributed by atoms with E-state index in [0.717, 1.165) is 26.6 Å². The number of methoxy groups -OCH3 is 1. The molecule has 0 aliphatic heterocycles. The molecule has 0 fully saturated rings. The maximum atomic E-state index is 13.1. The molecule has 1 N–H and O–H groups in total. The maximum absolute atomic E-state index is 13.1. The summed E-state index contributed by atoms with van der Waals surface area (Å²) in [6, 6.07) is 22.6. The first kappa shape index (κ1) is 23.2. The molecular formula is C27H22BrN3O3. The van der Waals surface area contributed by atoms with E-state index in [4.69, 9.17) is 14.5 Å². The Kier molecular flexibility index (Phi) is 7.34. The normalized spacial score (nSPS) is 10.9. The molecule has 0 bridgehead atoms. The lowest BCUT2D eigenvalue weighted by molar-refractivity contribution is 0.0956. The summed E-state index contributed by atoms with van der Waals surface area (Å²) in [5.74, 6) is 0.790. The first-order chi connectivity index (χ1) is 16.6. The van der Waals surface area contributed by atoms with Crippen LogP contribution in [-0.4, -0.2) is 30.8 Å². The van der Waals surface area contributed by atoms with E-state index >= 15 is 0 Å². The zero-order valence-electron chi connectivity index (χ0n) is 18.5. The van der Waals surface area contributed by atoms with Crippen LogP contribution in [0.15, 0.2) is 95.0 Å². The van der Waals surface area contributed by atoms with Crippen molar-refractivity contribution >= 4 is 39.0 Å². The predicted molar refractivity (Wildman–Crippen MR) is 139 cm³/mol. The fourth-order valence-electron chi connectivity index (χ4n) is 3.41. The Morgan fingerprint density at radius 1 is 1.09 bits per heavy atom. The van der Waals surface area contributed by atoms with Crippen LogP contribution in [0.2, 0.25) is 0 Å². The van der Waals surface area contributed by atoms with Gasteiger partial charge in [-0.1, -0.05) is 61.2 Å². The number of benzene rings is 3. The van der Waals surface area contributed by atoms with Gasteiger partial charge in [-0.2, -0.15) is 5.10 Å². The van der Waals surface area contributed by atoms with E-state index in [2.05, 4.69) is 33.0 Å². The van der Waals surface area contributed by atoms with Gasteiger partial charge in [0, 0.05) is 21.0 Å². The minimum atomic E-state index is -0.332. The average Bonchev–Trinajstić information content (AvgIpc) is 2.88. The van der Waals surface area contributed by atoms with Crippen molar-refractivity contribution < 1.29 is 14.3 Å². The summed E-state index contributed by atoms with van der Waals surface area (Å²) in [4.78, 5) is 17.8. The quantitative estimate of drug-likeness (QED) is 0.177. The molecule has 34 heavy (non-hydrogen) atoms. The zero-order valence-corrected chi connectivity index (χ0v) is 20.1. The molecular weight excluding hydrogens is 494 g/mol. The Hall–Kier alpha value is -3.97. The van der Waals surface area contributed by atoms with E-state index in [-0.39, 0.29) is 5.91 Å². The van der Waals surface area contributed by atoms with Gasteiger partial charge in [-0.05, 0) is 40.2 Å².